The van der Waals surface area contributed by atoms with Crippen molar-refractivity contribution in [2.45, 2.75) is 25.9 Å². The summed E-state index contributed by atoms with van der Waals surface area (Å²) in [6, 6.07) is 6.38. The summed E-state index contributed by atoms with van der Waals surface area (Å²) >= 11 is 1.65. The molecule has 0 aliphatic carbocycles. The quantitative estimate of drug-likeness (QED) is 0.919. The third-order valence-corrected chi connectivity index (χ3v) is 4.63. The molecule has 1 fully saturated rings. The molecule has 0 saturated carbocycles. The molecule has 3 heterocycles. The van der Waals surface area contributed by atoms with Crippen LogP contribution in [0, 0.1) is 5.92 Å². The summed E-state index contributed by atoms with van der Waals surface area (Å²) in [5, 5.41) is 6.64. The van der Waals surface area contributed by atoms with E-state index in [9.17, 15) is 0 Å². The van der Waals surface area contributed by atoms with Crippen LogP contribution in [0.2, 0.25) is 0 Å². The molecule has 2 aromatic rings. The van der Waals surface area contributed by atoms with Crippen LogP contribution in [0.5, 0.6) is 0 Å². The lowest BCUT2D eigenvalue weighted by Gasteiger charge is -2.18. The Hall–Kier alpha value is -1.30. The Bertz CT molecular complexity index is 537. The smallest absolute Gasteiger partial charge is 0.142 e. The number of hydrogen-bond acceptors (Lipinski definition) is 5. The lowest BCUT2D eigenvalue weighted by atomic mass is 10.0. The van der Waals surface area contributed by atoms with Crippen LogP contribution in [0.25, 0.3) is 10.7 Å². The van der Waals surface area contributed by atoms with Crippen molar-refractivity contribution in [3.8, 4) is 10.7 Å². The fourth-order valence-electron chi connectivity index (χ4n) is 2.37. The molecule has 5 heteroatoms. The van der Waals surface area contributed by atoms with Crippen LogP contribution in [-0.2, 0) is 11.3 Å². The Kier molecular flexibility index (Phi) is 4.40. The molecule has 106 valence electrons. The highest BCUT2D eigenvalue weighted by molar-refractivity contribution is 7.13. The Labute approximate surface area is 123 Å². The maximum Gasteiger partial charge on any atom is 0.142 e. The van der Waals surface area contributed by atoms with Gasteiger partial charge in [0.15, 0.2) is 0 Å². The molecular weight excluding hydrogens is 270 g/mol. The SMILES string of the molecule is CC(NCc1csc(-c2ccccn2)n1)C1CCOC1. The molecule has 4 nitrogen and oxygen atoms in total. The second-order valence-electron chi connectivity index (χ2n) is 5.15. The number of aromatic nitrogens is 2. The first-order valence-corrected chi connectivity index (χ1v) is 7.88. The summed E-state index contributed by atoms with van der Waals surface area (Å²) in [6.45, 7) is 4.81. The van der Waals surface area contributed by atoms with Crippen LogP contribution in [0.15, 0.2) is 29.8 Å². The Morgan fingerprint density at radius 2 is 2.45 bits per heavy atom. The zero-order valence-corrected chi connectivity index (χ0v) is 12.4. The third kappa shape index (κ3) is 3.23. The standard InChI is InChI=1S/C15H19N3OS/c1-11(12-5-7-19-9-12)17-8-13-10-20-15(18-13)14-4-2-3-6-16-14/h2-4,6,10-12,17H,5,7-9H2,1H3. The van der Waals surface area contributed by atoms with Gasteiger partial charge in [0.1, 0.15) is 5.01 Å². The zero-order valence-electron chi connectivity index (χ0n) is 11.6. The Morgan fingerprint density at radius 3 is 3.20 bits per heavy atom. The summed E-state index contributed by atoms with van der Waals surface area (Å²) in [5.41, 5.74) is 2.03. The van der Waals surface area contributed by atoms with E-state index in [1.165, 1.54) is 0 Å². The zero-order chi connectivity index (χ0) is 13.8. The summed E-state index contributed by atoms with van der Waals surface area (Å²) in [5.74, 6) is 0.629. The van der Waals surface area contributed by atoms with Crippen molar-refractivity contribution >= 4 is 11.3 Å². The minimum atomic E-state index is 0.470. The van der Waals surface area contributed by atoms with Crippen molar-refractivity contribution in [1.82, 2.24) is 15.3 Å². The van der Waals surface area contributed by atoms with E-state index < -0.39 is 0 Å². The molecule has 1 aliphatic rings. The molecule has 2 unspecified atom stereocenters. The Balaban J connectivity index is 1.57. The highest BCUT2D eigenvalue weighted by Crippen LogP contribution is 2.22. The van der Waals surface area contributed by atoms with Crippen molar-refractivity contribution in [2.24, 2.45) is 5.92 Å². The first-order chi connectivity index (χ1) is 9.83. The van der Waals surface area contributed by atoms with Crippen molar-refractivity contribution in [1.29, 1.82) is 0 Å². The van der Waals surface area contributed by atoms with Gasteiger partial charge in [-0.3, -0.25) is 4.98 Å². The molecule has 2 atom stereocenters. The molecule has 0 aromatic carbocycles. The van der Waals surface area contributed by atoms with Gasteiger partial charge in [-0.25, -0.2) is 4.98 Å². The van der Waals surface area contributed by atoms with Crippen LogP contribution in [0.1, 0.15) is 19.0 Å². The molecule has 0 radical (unpaired) electrons. The van der Waals surface area contributed by atoms with E-state index in [-0.39, 0.29) is 0 Å². The van der Waals surface area contributed by atoms with Crippen molar-refractivity contribution in [2.75, 3.05) is 13.2 Å². The molecule has 20 heavy (non-hydrogen) atoms. The summed E-state index contributed by atoms with van der Waals surface area (Å²) in [7, 11) is 0. The number of ether oxygens (including phenoxy) is 1. The van der Waals surface area contributed by atoms with Crippen LogP contribution in [0.3, 0.4) is 0 Å². The number of pyridine rings is 1. The molecular formula is C15H19N3OS. The van der Waals surface area contributed by atoms with Gasteiger partial charge in [0.2, 0.25) is 0 Å². The second kappa shape index (κ2) is 6.43. The van der Waals surface area contributed by atoms with Gasteiger partial charge in [-0.1, -0.05) is 6.07 Å². The molecule has 0 amide bonds. The number of hydrogen-bond donors (Lipinski definition) is 1. The van der Waals surface area contributed by atoms with E-state index in [1.54, 1.807) is 17.5 Å². The number of thiazole rings is 1. The molecule has 3 rings (SSSR count). The van der Waals surface area contributed by atoms with Crippen LogP contribution in [-0.4, -0.2) is 29.2 Å². The lowest BCUT2D eigenvalue weighted by molar-refractivity contribution is 0.178. The average Bonchev–Trinajstić information content (AvgIpc) is 3.17. The maximum atomic E-state index is 5.43. The average molecular weight is 289 g/mol. The van der Waals surface area contributed by atoms with Gasteiger partial charge < -0.3 is 10.1 Å². The first kappa shape index (κ1) is 13.7. The predicted octanol–water partition coefficient (Wildman–Crippen LogP) is 2.72. The van der Waals surface area contributed by atoms with Gasteiger partial charge in [-0.2, -0.15) is 0 Å². The van der Waals surface area contributed by atoms with Gasteiger partial charge in [-0.15, -0.1) is 11.3 Å². The highest BCUT2D eigenvalue weighted by atomic mass is 32.1. The van der Waals surface area contributed by atoms with Crippen LogP contribution >= 0.6 is 11.3 Å². The van der Waals surface area contributed by atoms with E-state index >= 15 is 0 Å². The van der Waals surface area contributed by atoms with Crippen LogP contribution < -0.4 is 5.32 Å². The molecule has 0 spiro atoms. The van der Waals surface area contributed by atoms with Gasteiger partial charge in [-0.05, 0) is 31.4 Å². The monoisotopic (exact) mass is 289 g/mol. The van der Waals surface area contributed by atoms with Crippen LogP contribution in [0.4, 0.5) is 0 Å². The molecule has 0 bridgehead atoms. The van der Waals surface area contributed by atoms with Crippen molar-refractivity contribution in [3.05, 3.63) is 35.5 Å². The summed E-state index contributed by atoms with van der Waals surface area (Å²) in [6.07, 6.45) is 2.96. The minimum absolute atomic E-state index is 0.470. The third-order valence-electron chi connectivity index (χ3n) is 3.71. The highest BCUT2D eigenvalue weighted by Gasteiger charge is 2.21. The molecule has 1 N–H and O–H groups in total. The van der Waals surface area contributed by atoms with Gasteiger partial charge in [0.05, 0.1) is 18.0 Å². The van der Waals surface area contributed by atoms with Gasteiger partial charge in [0, 0.05) is 30.8 Å². The van der Waals surface area contributed by atoms with Gasteiger partial charge >= 0.3 is 0 Å². The fourth-order valence-corrected chi connectivity index (χ4v) is 3.17. The van der Waals surface area contributed by atoms with E-state index in [2.05, 4.69) is 27.6 Å². The Morgan fingerprint density at radius 1 is 1.50 bits per heavy atom. The normalized spacial score (nSPS) is 20.1. The molecule has 1 saturated heterocycles. The van der Waals surface area contributed by atoms with Crippen molar-refractivity contribution in [3.63, 3.8) is 0 Å². The fraction of sp³-hybridized carbons (Fsp3) is 0.467. The summed E-state index contributed by atoms with van der Waals surface area (Å²) in [4.78, 5) is 8.97. The number of nitrogens with zero attached hydrogens (tertiary/aromatic N) is 2. The number of nitrogens with one attached hydrogen (secondary N) is 1. The van der Waals surface area contributed by atoms with Gasteiger partial charge in [0.25, 0.3) is 0 Å². The lowest BCUT2D eigenvalue weighted by Crippen LogP contribution is -2.33. The maximum absolute atomic E-state index is 5.43. The number of rotatable bonds is 5. The van der Waals surface area contributed by atoms with E-state index in [1.807, 2.05) is 18.2 Å². The van der Waals surface area contributed by atoms with E-state index in [0.29, 0.717) is 12.0 Å². The van der Waals surface area contributed by atoms with E-state index in [0.717, 1.165) is 42.6 Å². The second-order valence-corrected chi connectivity index (χ2v) is 6.01. The first-order valence-electron chi connectivity index (χ1n) is 7.00. The topological polar surface area (TPSA) is 47.0 Å². The van der Waals surface area contributed by atoms with E-state index in [4.69, 9.17) is 4.74 Å². The molecule has 2 aromatic heterocycles. The predicted molar refractivity (Wildman–Crippen MR) is 80.6 cm³/mol. The minimum Gasteiger partial charge on any atom is -0.381 e. The summed E-state index contributed by atoms with van der Waals surface area (Å²) < 4.78 is 5.43. The van der Waals surface area contributed by atoms with Crippen molar-refractivity contribution < 1.29 is 4.74 Å². The largest absolute Gasteiger partial charge is 0.381 e. The molecule has 1 aliphatic heterocycles.